The summed E-state index contributed by atoms with van der Waals surface area (Å²) in [5, 5.41) is 13.3. The highest BCUT2D eigenvalue weighted by atomic mass is 79.9. The molecule has 1 aliphatic heterocycles. The molecule has 1 aliphatic rings. The van der Waals surface area contributed by atoms with Crippen molar-refractivity contribution < 1.29 is 14.5 Å². The molecule has 0 aliphatic carbocycles. The molecule has 1 fully saturated rings. The van der Waals surface area contributed by atoms with Crippen molar-refractivity contribution in [3.05, 3.63) is 73.6 Å². The van der Waals surface area contributed by atoms with Gasteiger partial charge >= 0.3 is 0 Å². The van der Waals surface area contributed by atoms with Crippen molar-refractivity contribution in [2.45, 2.75) is 6.42 Å². The number of carbonyl (C=O) groups is 2. The number of thioether (sulfide) groups is 1. The van der Waals surface area contributed by atoms with E-state index in [4.69, 9.17) is 12.2 Å². The Balaban J connectivity index is 1.58. The Morgan fingerprint density at radius 2 is 2.00 bits per heavy atom. The molecule has 0 bridgehead atoms. The highest BCUT2D eigenvalue weighted by molar-refractivity contribution is 9.10. The Kier molecular flexibility index (Phi) is 6.78. The third-order valence-corrected chi connectivity index (χ3v) is 5.82. The van der Waals surface area contributed by atoms with E-state index >= 15 is 0 Å². The summed E-state index contributed by atoms with van der Waals surface area (Å²) >= 11 is 9.87. The fourth-order valence-corrected chi connectivity index (χ4v) is 4.27. The third kappa shape index (κ3) is 5.49. The van der Waals surface area contributed by atoms with E-state index in [2.05, 4.69) is 21.2 Å². The number of hydrogen-bond donors (Lipinski definition) is 1. The summed E-state index contributed by atoms with van der Waals surface area (Å²) in [4.78, 5) is 36.8. The van der Waals surface area contributed by atoms with E-state index in [-0.39, 0.29) is 30.5 Å². The topological polar surface area (TPSA) is 92.6 Å². The average Bonchev–Trinajstić information content (AvgIpc) is 2.93. The van der Waals surface area contributed by atoms with Crippen molar-refractivity contribution in [1.82, 2.24) is 4.90 Å². The van der Waals surface area contributed by atoms with Gasteiger partial charge in [0.25, 0.3) is 11.6 Å². The first-order valence-corrected chi connectivity index (χ1v) is 10.4. The Morgan fingerprint density at radius 3 is 2.66 bits per heavy atom. The van der Waals surface area contributed by atoms with E-state index in [1.165, 1.54) is 40.9 Å². The molecular formula is C19H14BrN3O4S2. The van der Waals surface area contributed by atoms with Crippen molar-refractivity contribution in [3.8, 4) is 0 Å². The maximum absolute atomic E-state index is 12.6. The Morgan fingerprint density at radius 1 is 1.28 bits per heavy atom. The van der Waals surface area contributed by atoms with Crippen LogP contribution < -0.4 is 5.32 Å². The molecule has 29 heavy (non-hydrogen) atoms. The van der Waals surface area contributed by atoms with E-state index in [0.717, 1.165) is 10.0 Å². The van der Waals surface area contributed by atoms with Crippen LogP contribution in [-0.4, -0.2) is 32.5 Å². The molecule has 7 nitrogen and oxygen atoms in total. The summed E-state index contributed by atoms with van der Waals surface area (Å²) in [6.45, 7) is 0.152. The Labute approximate surface area is 184 Å². The predicted octanol–water partition coefficient (Wildman–Crippen LogP) is 4.59. The number of nitrogens with one attached hydrogen (secondary N) is 1. The number of amides is 2. The van der Waals surface area contributed by atoms with E-state index in [9.17, 15) is 19.7 Å². The minimum Gasteiger partial charge on any atom is -0.326 e. The van der Waals surface area contributed by atoms with Gasteiger partial charge in [-0.1, -0.05) is 52.0 Å². The maximum Gasteiger partial charge on any atom is 0.269 e. The number of non-ortho nitro benzene ring substituents is 1. The van der Waals surface area contributed by atoms with Gasteiger partial charge in [0.05, 0.1) is 9.83 Å². The summed E-state index contributed by atoms with van der Waals surface area (Å²) in [6, 6.07) is 13.1. The number of anilines is 1. The highest BCUT2D eigenvalue weighted by Crippen LogP contribution is 2.33. The number of nitro groups is 1. The van der Waals surface area contributed by atoms with Gasteiger partial charge in [0.1, 0.15) is 4.32 Å². The Hall–Kier alpha value is -2.56. The second-order valence-electron chi connectivity index (χ2n) is 5.99. The maximum atomic E-state index is 12.6. The first kappa shape index (κ1) is 21.2. The summed E-state index contributed by atoms with van der Waals surface area (Å²) in [5.74, 6) is -0.549. The van der Waals surface area contributed by atoms with Crippen LogP contribution in [0.15, 0.2) is 57.9 Å². The van der Waals surface area contributed by atoms with Gasteiger partial charge in [-0.3, -0.25) is 24.6 Å². The third-order valence-electron chi connectivity index (χ3n) is 3.94. The van der Waals surface area contributed by atoms with E-state index < -0.39 is 4.92 Å². The van der Waals surface area contributed by atoms with Gasteiger partial charge in [-0.05, 0) is 35.9 Å². The normalized spacial score (nSPS) is 15.1. The number of nitro benzene ring substituents is 1. The van der Waals surface area contributed by atoms with Crippen molar-refractivity contribution >= 4 is 73.5 Å². The molecular weight excluding hydrogens is 478 g/mol. The first-order chi connectivity index (χ1) is 13.8. The van der Waals surface area contributed by atoms with Crippen LogP contribution >= 0.6 is 39.9 Å². The van der Waals surface area contributed by atoms with Crippen molar-refractivity contribution in [2.24, 2.45) is 0 Å². The molecule has 0 saturated carbocycles. The molecule has 2 aromatic rings. The smallest absolute Gasteiger partial charge is 0.269 e. The van der Waals surface area contributed by atoms with Gasteiger partial charge in [-0.2, -0.15) is 0 Å². The number of rotatable bonds is 6. The first-order valence-electron chi connectivity index (χ1n) is 8.39. The number of carbonyl (C=O) groups excluding carboxylic acids is 2. The molecule has 0 unspecified atom stereocenters. The Bertz CT molecular complexity index is 1020. The molecule has 0 spiro atoms. The lowest BCUT2D eigenvalue weighted by atomic mass is 10.2. The molecule has 148 valence electrons. The number of hydrogen-bond acceptors (Lipinski definition) is 6. The molecule has 3 rings (SSSR count). The molecule has 2 aromatic carbocycles. The van der Waals surface area contributed by atoms with Crippen LogP contribution in [0.1, 0.15) is 12.0 Å². The van der Waals surface area contributed by atoms with Crippen molar-refractivity contribution in [2.75, 3.05) is 11.9 Å². The SMILES string of the molecule is O=C(CCN1C(=O)/C(=C/c2cccc(Br)c2)SC1=S)Nc1ccc([N+](=O)[O-])cc1. The number of thiocarbonyl (C=S) groups is 1. The van der Waals surface area contributed by atoms with Crippen LogP contribution in [-0.2, 0) is 9.59 Å². The van der Waals surface area contributed by atoms with Crippen LogP contribution in [0.4, 0.5) is 11.4 Å². The standard InChI is InChI=1S/C19H14BrN3O4S2/c20-13-3-1-2-12(10-13)11-16-18(25)22(19(28)29-16)9-8-17(24)21-14-4-6-15(7-5-14)23(26)27/h1-7,10-11H,8-9H2,(H,21,24)/b16-11-. The van der Waals surface area contributed by atoms with Gasteiger partial charge < -0.3 is 5.32 Å². The zero-order chi connectivity index (χ0) is 21.0. The molecule has 1 saturated heterocycles. The lowest BCUT2D eigenvalue weighted by Crippen LogP contribution is -2.31. The van der Waals surface area contributed by atoms with Gasteiger partial charge in [0.15, 0.2) is 0 Å². The minimum atomic E-state index is -0.511. The predicted molar refractivity (Wildman–Crippen MR) is 120 cm³/mol. The van der Waals surface area contributed by atoms with Gasteiger partial charge in [0.2, 0.25) is 5.91 Å². The van der Waals surface area contributed by atoms with Gasteiger partial charge in [-0.25, -0.2) is 0 Å². The van der Waals surface area contributed by atoms with Crippen molar-refractivity contribution in [3.63, 3.8) is 0 Å². The van der Waals surface area contributed by atoms with Gasteiger partial charge in [0, 0.05) is 35.3 Å². The summed E-state index contributed by atoms with van der Waals surface area (Å²) in [7, 11) is 0. The van der Waals surface area contributed by atoms with Crippen LogP contribution in [0.2, 0.25) is 0 Å². The van der Waals surface area contributed by atoms with Crippen LogP contribution in [0.25, 0.3) is 6.08 Å². The lowest BCUT2D eigenvalue weighted by molar-refractivity contribution is -0.384. The largest absolute Gasteiger partial charge is 0.326 e. The molecule has 1 heterocycles. The summed E-state index contributed by atoms with van der Waals surface area (Å²) in [5.41, 5.74) is 1.26. The summed E-state index contributed by atoms with van der Waals surface area (Å²) in [6.07, 6.45) is 1.81. The quantitative estimate of drug-likeness (QED) is 0.275. The number of benzene rings is 2. The van der Waals surface area contributed by atoms with E-state index in [1.54, 1.807) is 6.08 Å². The average molecular weight is 492 g/mol. The molecule has 0 radical (unpaired) electrons. The molecule has 0 atom stereocenters. The van der Waals surface area contributed by atoms with Crippen LogP contribution in [0.3, 0.4) is 0 Å². The second-order valence-corrected chi connectivity index (χ2v) is 8.58. The van der Waals surface area contributed by atoms with E-state index in [0.29, 0.717) is 14.9 Å². The molecule has 2 amide bonds. The number of nitrogens with zero attached hydrogens (tertiary/aromatic N) is 2. The van der Waals surface area contributed by atoms with Crippen LogP contribution in [0, 0.1) is 10.1 Å². The van der Waals surface area contributed by atoms with Crippen LogP contribution in [0.5, 0.6) is 0 Å². The highest BCUT2D eigenvalue weighted by Gasteiger charge is 2.32. The summed E-state index contributed by atoms with van der Waals surface area (Å²) < 4.78 is 1.31. The second kappa shape index (κ2) is 9.29. The molecule has 0 aromatic heterocycles. The molecule has 1 N–H and O–H groups in total. The lowest BCUT2D eigenvalue weighted by Gasteiger charge is -2.14. The fraction of sp³-hybridized carbons (Fsp3) is 0.105. The monoisotopic (exact) mass is 491 g/mol. The van der Waals surface area contributed by atoms with E-state index in [1.807, 2.05) is 24.3 Å². The minimum absolute atomic E-state index is 0.0492. The number of halogens is 1. The molecule has 10 heteroatoms. The zero-order valence-electron chi connectivity index (χ0n) is 14.8. The van der Waals surface area contributed by atoms with Gasteiger partial charge in [-0.15, -0.1) is 0 Å². The fourth-order valence-electron chi connectivity index (χ4n) is 2.54. The van der Waals surface area contributed by atoms with Crippen molar-refractivity contribution in [1.29, 1.82) is 0 Å². The zero-order valence-corrected chi connectivity index (χ0v) is 18.1.